The second-order valence-corrected chi connectivity index (χ2v) is 5.98. The third-order valence-corrected chi connectivity index (χ3v) is 4.21. The Bertz CT molecular complexity index is 637. The lowest BCUT2D eigenvalue weighted by Crippen LogP contribution is -2.29. The number of phenols is 1. The summed E-state index contributed by atoms with van der Waals surface area (Å²) >= 11 is 0. The summed E-state index contributed by atoms with van der Waals surface area (Å²) in [5.41, 5.74) is 2.00. The van der Waals surface area contributed by atoms with E-state index in [9.17, 15) is 18.6 Å². The molecule has 19 heavy (non-hydrogen) atoms. The van der Waals surface area contributed by atoms with Crippen LogP contribution < -0.4 is 9.03 Å². The summed E-state index contributed by atoms with van der Waals surface area (Å²) in [5, 5.41) is 19.2. The average molecular weight is 284 g/mol. The highest BCUT2D eigenvalue weighted by molar-refractivity contribution is 7.91. The topological polar surface area (TPSA) is 89.9 Å². The lowest BCUT2D eigenvalue weighted by atomic mass is 10.0. The first kappa shape index (κ1) is 13.5. The number of phenolic OH excluding ortho intramolecular Hbond substituents is 1. The van der Waals surface area contributed by atoms with E-state index in [1.165, 1.54) is 6.07 Å². The van der Waals surface area contributed by atoms with Crippen molar-refractivity contribution in [1.29, 1.82) is 0 Å². The van der Waals surface area contributed by atoms with Crippen molar-refractivity contribution >= 4 is 15.9 Å². The molecule has 0 atom stereocenters. The summed E-state index contributed by atoms with van der Waals surface area (Å²) in [6.07, 6.45) is 2.72. The van der Waals surface area contributed by atoms with Crippen LogP contribution >= 0.6 is 0 Å². The third-order valence-electron chi connectivity index (χ3n) is 2.92. The second kappa shape index (κ2) is 4.65. The molecule has 1 heterocycles. The summed E-state index contributed by atoms with van der Waals surface area (Å²) in [6.45, 7) is 3.88. The van der Waals surface area contributed by atoms with Crippen molar-refractivity contribution in [2.24, 2.45) is 0 Å². The molecule has 0 spiro atoms. The summed E-state index contributed by atoms with van der Waals surface area (Å²) in [7, 11) is -3.88. The second-order valence-electron chi connectivity index (χ2n) is 4.43. The van der Waals surface area contributed by atoms with Gasteiger partial charge in [0, 0.05) is 0 Å². The number of aliphatic hydroxyl groups excluding tert-OH is 1. The van der Waals surface area contributed by atoms with E-state index < -0.39 is 16.1 Å². The Hall–Kier alpha value is -1.89. The Labute approximate surface area is 112 Å². The van der Waals surface area contributed by atoms with Crippen LogP contribution in [0.3, 0.4) is 0 Å². The van der Waals surface area contributed by atoms with Crippen LogP contribution in [-0.4, -0.2) is 18.6 Å². The molecule has 2 rings (SSSR count). The van der Waals surface area contributed by atoms with Gasteiger partial charge in [-0.25, -0.2) is 9.03 Å². The fourth-order valence-electron chi connectivity index (χ4n) is 2.03. The number of hydrogen-bond donors (Lipinski definition) is 3. The van der Waals surface area contributed by atoms with Gasteiger partial charge in [0.1, 0.15) is 11.4 Å². The van der Waals surface area contributed by atoms with Gasteiger partial charge < -0.3 is 10.2 Å². The van der Waals surface area contributed by atoms with E-state index in [2.05, 4.69) is 0 Å². The molecule has 3 N–H and O–H groups in total. The number of rotatable bonds is 3. The van der Waals surface area contributed by atoms with Crippen LogP contribution in [0, 0.1) is 6.92 Å². The van der Waals surface area contributed by atoms with E-state index in [1.54, 1.807) is 6.07 Å². The van der Waals surface area contributed by atoms with Crippen molar-refractivity contribution in [3.05, 3.63) is 35.3 Å². The number of aliphatic hydroxyl groups is 1. The normalized spacial score (nSPS) is 17.2. The first-order valence-corrected chi connectivity index (χ1v) is 7.34. The highest BCUT2D eigenvalue weighted by atomic mass is 32.2. The molecular formula is C12H16N2O4S. The molecular weight excluding hydrogens is 268 g/mol. The van der Waals surface area contributed by atoms with Crippen molar-refractivity contribution in [2.75, 3.05) is 4.31 Å². The average Bonchev–Trinajstić information content (AvgIpc) is 2.56. The van der Waals surface area contributed by atoms with Crippen LogP contribution in [-0.2, 0) is 16.6 Å². The predicted octanol–water partition coefficient (Wildman–Crippen LogP) is 1.66. The molecule has 7 heteroatoms. The van der Waals surface area contributed by atoms with Crippen molar-refractivity contribution in [2.45, 2.75) is 26.7 Å². The fraction of sp³-hybridized carbons (Fsp3) is 0.333. The molecule has 104 valence electrons. The van der Waals surface area contributed by atoms with Crippen LogP contribution in [0.5, 0.6) is 5.75 Å². The Morgan fingerprint density at radius 3 is 2.53 bits per heavy atom. The van der Waals surface area contributed by atoms with Gasteiger partial charge in [0.25, 0.3) is 0 Å². The highest BCUT2D eigenvalue weighted by Gasteiger charge is 2.30. The molecule has 0 saturated carbocycles. The molecule has 0 saturated heterocycles. The van der Waals surface area contributed by atoms with E-state index in [1.807, 2.05) is 18.6 Å². The first-order chi connectivity index (χ1) is 8.85. The molecule has 0 aliphatic carbocycles. The maximum Gasteiger partial charge on any atom is 0.330 e. The number of benzene rings is 1. The lowest BCUT2D eigenvalue weighted by molar-refractivity contribution is 0.392. The van der Waals surface area contributed by atoms with Gasteiger partial charge in [0.05, 0.1) is 6.20 Å². The Balaban J connectivity index is 2.54. The predicted molar refractivity (Wildman–Crippen MR) is 72.1 cm³/mol. The maximum absolute atomic E-state index is 11.8. The van der Waals surface area contributed by atoms with Crippen molar-refractivity contribution < 1.29 is 18.6 Å². The number of aryl methyl sites for hydroxylation is 2. The molecule has 0 amide bonds. The van der Waals surface area contributed by atoms with E-state index in [0.717, 1.165) is 34.5 Å². The Kier molecular flexibility index (Phi) is 3.32. The largest absolute Gasteiger partial charge is 0.506 e. The maximum atomic E-state index is 11.8. The highest BCUT2D eigenvalue weighted by Crippen LogP contribution is 2.34. The molecule has 1 aromatic carbocycles. The monoisotopic (exact) mass is 284 g/mol. The van der Waals surface area contributed by atoms with Crippen LogP contribution in [0.15, 0.2) is 24.2 Å². The molecule has 0 unspecified atom stereocenters. The van der Waals surface area contributed by atoms with E-state index in [-0.39, 0.29) is 11.4 Å². The minimum atomic E-state index is -3.88. The van der Waals surface area contributed by atoms with Crippen LogP contribution in [0.1, 0.15) is 24.5 Å². The van der Waals surface area contributed by atoms with Crippen LogP contribution in [0.25, 0.3) is 0 Å². The zero-order valence-corrected chi connectivity index (χ0v) is 11.5. The number of nitrogens with zero attached hydrogens (tertiary/aromatic N) is 1. The zero-order valence-electron chi connectivity index (χ0n) is 10.7. The lowest BCUT2D eigenvalue weighted by Gasteiger charge is -2.17. The molecule has 0 aromatic heterocycles. The minimum absolute atomic E-state index is 0.130. The van der Waals surface area contributed by atoms with Crippen LogP contribution in [0.4, 0.5) is 5.69 Å². The quantitative estimate of drug-likeness (QED) is 0.787. The third kappa shape index (κ3) is 2.46. The molecule has 0 radical (unpaired) electrons. The SMILES string of the molecule is CCCc1cc(N2C=C(O)NS2(=O)=O)c(O)cc1C. The van der Waals surface area contributed by atoms with Gasteiger partial charge >= 0.3 is 10.2 Å². The number of aromatic hydroxyl groups is 1. The Morgan fingerprint density at radius 1 is 1.32 bits per heavy atom. The molecule has 1 aliphatic rings. The summed E-state index contributed by atoms with van der Waals surface area (Å²) in [6, 6.07) is 3.15. The fourth-order valence-corrected chi connectivity index (χ4v) is 3.09. The van der Waals surface area contributed by atoms with Gasteiger partial charge in [-0.2, -0.15) is 8.42 Å². The number of nitrogens with one attached hydrogen (secondary N) is 1. The van der Waals surface area contributed by atoms with Crippen molar-refractivity contribution in [3.63, 3.8) is 0 Å². The zero-order chi connectivity index (χ0) is 14.2. The van der Waals surface area contributed by atoms with Gasteiger partial charge in [-0.3, -0.25) is 0 Å². The van der Waals surface area contributed by atoms with Gasteiger partial charge in [-0.1, -0.05) is 13.3 Å². The number of hydrogen-bond acceptors (Lipinski definition) is 4. The standard InChI is InChI=1S/C12H16N2O4S/c1-3-4-9-6-10(11(15)5-8(9)2)14-7-12(16)13-19(14,17)18/h5-7,13,15-16H,3-4H2,1-2H3. The molecule has 1 aliphatic heterocycles. The molecule has 0 fully saturated rings. The summed E-state index contributed by atoms with van der Waals surface area (Å²) < 4.78 is 26.3. The summed E-state index contributed by atoms with van der Waals surface area (Å²) in [4.78, 5) is 0. The first-order valence-electron chi connectivity index (χ1n) is 5.90. The molecule has 6 nitrogen and oxygen atoms in total. The van der Waals surface area contributed by atoms with E-state index >= 15 is 0 Å². The van der Waals surface area contributed by atoms with Gasteiger partial charge in [0.15, 0.2) is 0 Å². The van der Waals surface area contributed by atoms with Gasteiger partial charge in [-0.15, -0.1) is 0 Å². The molecule has 1 aromatic rings. The van der Waals surface area contributed by atoms with Crippen molar-refractivity contribution in [1.82, 2.24) is 4.72 Å². The summed E-state index contributed by atoms with van der Waals surface area (Å²) in [5.74, 6) is -0.620. The van der Waals surface area contributed by atoms with Crippen LogP contribution in [0.2, 0.25) is 0 Å². The smallest absolute Gasteiger partial charge is 0.330 e. The van der Waals surface area contributed by atoms with E-state index in [0.29, 0.717) is 0 Å². The number of anilines is 1. The van der Waals surface area contributed by atoms with Gasteiger partial charge in [-0.05, 0) is 36.6 Å². The van der Waals surface area contributed by atoms with Crippen molar-refractivity contribution in [3.8, 4) is 5.75 Å². The Morgan fingerprint density at radius 2 is 2.00 bits per heavy atom. The van der Waals surface area contributed by atoms with E-state index in [4.69, 9.17) is 0 Å². The molecule has 0 bridgehead atoms. The minimum Gasteiger partial charge on any atom is -0.506 e. The van der Waals surface area contributed by atoms with Gasteiger partial charge in [0.2, 0.25) is 5.88 Å².